The van der Waals surface area contributed by atoms with Gasteiger partial charge in [0.15, 0.2) is 0 Å². The van der Waals surface area contributed by atoms with Crippen LogP contribution in [0.5, 0.6) is 0 Å². The largest absolute Gasteiger partial charge is 0.348 e. The van der Waals surface area contributed by atoms with E-state index in [4.69, 9.17) is 0 Å². The first-order chi connectivity index (χ1) is 12.0. The second-order valence-electron chi connectivity index (χ2n) is 6.22. The number of benzene rings is 1. The highest BCUT2D eigenvalue weighted by atomic mass is 16.1. The zero-order chi connectivity index (χ0) is 18.0. The molecule has 2 aromatic heterocycles. The number of nitrogens with one attached hydrogen (secondary N) is 2. The number of aryl methyl sites for hydroxylation is 3. The van der Waals surface area contributed by atoms with Crippen LogP contribution in [0.25, 0.3) is 5.69 Å². The van der Waals surface area contributed by atoms with Gasteiger partial charge in [-0.25, -0.2) is 0 Å². The summed E-state index contributed by atoms with van der Waals surface area (Å²) in [6, 6.07) is 11.4. The molecule has 3 rings (SSSR count). The van der Waals surface area contributed by atoms with Crippen molar-refractivity contribution in [2.75, 3.05) is 0 Å². The minimum Gasteiger partial charge on any atom is -0.348 e. The monoisotopic (exact) mass is 335 g/mol. The Labute approximate surface area is 146 Å². The van der Waals surface area contributed by atoms with Crippen molar-refractivity contribution in [2.24, 2.45) is 0 Å². The van der Waals surface area contributed by atoms with Gasteiger partial charge in [0.1, 0.15) is 0 Å². The van der Waals surface area contributed by atoms with Crippen LogP contribution < -0.4 is 10.9 Å². The molecule has 5 heteroatoms. The first-order valence-electron chi connectivity index (χ1n) is 8.17. The number of hydrogen-bond acceptors (Lipinski definition) is 2. The summed E-state index contributed by atoms with van der Waals surface area (Å²) in [5.74, 6) is -0.201. The van der Waals surface area contributed by atoms with Crippen LogP contribution in [0.3, 0.4) is 0 Å². The average molecular weight is 335 g/mol. The first kappa shape index (κ1) is 16.8. The molecule has 0 aliphatic rings. The van der Waals surface area contributed by atoms with E-state index in [9.17, 15) is 9.59 Å². The minimum absolute atomic E-state index is 0.158. The zero-order valence-electron chi connectivity index (χ0n) is 14.6. The molecule has 0 spiro atoms. The lowest BCUT2D eigenvalue weighted by Gasteiger charge is -2.11. The summed E-state index contributed by atoms with van der Waals surface area (Å²) >= 11 is 0. The molecule has 0 fully saturated rings. The van der Waals surface area contributed by atoms with Crippen LogP contribution in [0.2, 0.25) is 0 Å². The number of rotatable bonds is 4. The molecule has 1 aromatic carbocycles. The molecule has 0 bridgehead atoms. The van der Waals surface area contributed by atoms with E-state index in [1.807, 2.05) is 68.1 Å². The molecule has 0 saturated heterocycles. The van der Waals surface area contributed by atoms with Gasteiger partial charge in [0.2, 0.25) is 0 Å². The van der Waals surface area contributed by atoms with Gasteiger partial charge >= 0.3 is 0 Å². The summed E-state index contributed by atoms with van der Waals surface area (Å²) in [5, 5.41) is 2.84. The van der Waals surface area contributed by atoms with Crippen LogP contribution in [0.1, 0.15) is 32.7 Å². The van der Waals surface area contributed by atoms with E-state index in [0.717, 1.165) is 22.5 Å². The SMILES string of the molecule is Cc1cc(C)c(CNC(=O)c2ccc(C)c(-n3cccc3)c2)c(=O)[nH]1. The molecule has 2 heterocycles. The van der Waals surface area contributed by atoms with Crippen LogP contribution in [0.15, 0.2) is 53.6 Å². The van der Waals surface area contributed by atoms with Gasteiger partial charge in [-0.2, -0.15) is 0 Å². The Morgan fingerprint density at radius 3 is 2.48 bits per heavy atom. The van der Waals surface area contributed by atoms with Crippen LogP contribution in [-0.2, 0) is 6.54 Å². The lowest BCUT2D eigenvalue weighted by atomic mass is 10.1. The van der Waals surface area contributed by atoms with Gasteiger partial charge in [-0.05, 0) is 62.2 Å². The van der Waals surface area contributed by atoms with Crippen molar-refractivity contribution >= 4 is 5.91 Å². The van der Waals surface area contributed by atoms with Crippen LogP contribution in [0, 0.1) is 20.8 Å². The lowest BCUT2D eigenvalue weighted by Crippen LogP contribution is -2.28. The van der Waals surface area contributed by atoms with E-state index in [0.29, 0.717) is 11.1 Å². The molecule has 0 unspecified atom stereocenters. The van der Waals surface area contributed by atoms with Gasteiger partial charge < -0.3 is 14.9 Å². The smallest absolute Gasteiger partial charge is 0.253 e. The second-order valence-corrected chi connectivity index (χ2v) is 6.22. The number of hydrogen-bond donors (Lipinski definition) is 2. The van der Waals surface area contributed by atoms with E-state index in [1.165, 1.54) is 0 Å². The van der Waals surface area contributed by atoms with Gasteiger partial charge in [0.05, 0.1) is 0 Å². The normalized spacial score (nSPS) is 10.7. The Bertz CT molecular complexity index is 969. The first-order valence-corrected chi connectivity index (χ1v) is 8.17. The average Bonchev–Trinajstić information content (AvgIpc) is 3.08. The molecule has 0 aliphatic heterocycles. The summed E-state index contributed by atoms with van der Waals surface area (Å²) in [5.41, 5.74) is 4.72. The van der Waals surface area contributed by atoms with Crippen molar-refractivity contribution in [3.63, 3.8) is 0 Å². The number of aromatic amines is 1. The number of pyridine rings is 1. The number of H-pyrrole nitrogens is 1. The van der Waals surface area contributed by atoms with Crippen molar-refractivity contribution in [2.45, 2.75) is 27.3 Å². The molecular formula is C20H21N3O2. The minimum atomic E-state index is -0.201. The molecule has 5 nitrogen and oxygen atoms in total. The Morgan fingerprint density at radius 1 is 1.08 bits per heavy atom. The maximum atomic E-state index is 12.5. The maximum Gasteiger partial charge on any atom is 0.253 e. The van der Waals surface area contributed by atoms with E-state index >= 15 is 0 Å². The van der Waals surface area contributed by atoms with Gasteiger partial charge in [-0.1, -0.05) is 6.07 Å². The molecule has 0 aliphatic carbocycles. The van der Waals surface area contributed by atoms with E-state index < -0.39 is 0 Å². The van der Waals surface area contributed by atoms with Crippen LogP contribution in [-0.4, -0.2) is 15.5 Å². The van der Waals surface area contributed by atoms with Gasteiger partial charge in [0, 0.05) is 41.4 Å². The molecule has 0 radical (unpaired) electrons. The Balaban J connectivity index is 1.81. The fraction of sp³-hybridized carbons (Fsp3) is 0.200. The fourth-order valence-electron chi connectivity index (χ4n) is 2.90. The standard InChI is InChI=1S/C20H21N3O2/c1-13-6-7-16(11-18(13)23-8-4-5-9-23)19(24)21-12-17-14(2)10-15(3)22-20(17)25/h4-11H,12H2,1-3H3,(H,21,24)(H,22,25). The zero-order valence-corrected chi connectivity index (χ0v) is 14.6. The fourth-order valence-corrected chi connectivity index (χ4v) is 2.90. The van der Waals surface area contributed by atoms with Crippen LogP contribution in [0.4, 0.5) is 0 Å². The summed E-state index contributed by atoms with van der Waals surface area (Å²) in [4.78, 5) is 27.3. The molecule has 25 heavy (non-hydrogen) atoms. The molecule has 2 N–H and O–H groups in total. The maximum absolute atomic E-state index is 12.5. The predicted octanol–water partition coefficient (Wildman–Crippen LogP) is 3.02. The van der Waals surface area contributed by atoms with E-state index in [2.05, 4.69) is 10.3 Å². The number of carbonyl (C=O) groups is 1. The topological polar surface area (TPSA) is 66.9 Å². The van der Waals surface area contributed by atoms with Crippen LogP contribution >= 0.6 is 0 Å². The van der Waals surface area contributed by atoms with Crippen molar-refractivity contribution in [3.05, 3.63) is 87.1 Å². The van der Waals surface area contributed by atoms with Crippen molar-refractivity contribution in [1.29, 1.82) is 0 Å². The van der Waals surface area contributed by atoms with E-state index in [-0.39, 0.29) is 18.0 Å². The molecule has 128 valence electrons. The lowest BCUT2D eigenvalue weighted by molar-refractivity contribution is 0.0950. The summed E-state index contributed by atoms with van der Waals surface area (Å²) < 4.78 is 1.97. The highest BCUT2D eigenvalue weighted by Crippen LogP contribution is 2.16. The number of amides is 1. The molecule has 0 saturated carbocycles. The summed E-state index contributed by atoms with van der Waals surface area (Å²) in [7, 11) is 0. The third-order valence-electron chi connectivity index (χ3n) is 4.27. The predicted molar refractivity (Wildman–Crippen MR) is 98.2 cm³/mol. The van der Waals surface area contributed by atoms with Gasteiger partial charge in [-0.3, -0.25) is 9.59 Å². The molecule has 1 amide bonds. The van der Waals surface area contributed by atoms with E-state index in [1.54, 1.807) is 6.07 Å². The van der Waals surface area contributed by atoms with Crippen molar-refractivity contribution in [1.82, 2.24) is 14.9 Å². The summed E-state index contributed by atoms with van der Waals surface area (Å²) in [6.07, 6.45) is 3.89. The molecule has 3 aromatic rings. The number of aromatic nitrogens is 2. The quantitative estimate of drug-likeness (QED) is 0.769. The summed E-state index contributed by atoms with van der Waals surface area (Å²) in [6.45, 7) is 5.92. The third-order valence-corrected chi connectivity index (χ3v) is 4.27. The highest BCUT2D eigenvalue weighted by Gasteiger charge is 2.11. The highest BCUT2D eigenvalue weighted by molar-refractivity contribution is 5.94. The molecular weight excluding hydrogens is 314 g/mol. The number of carbonyl (C=O) groups excluding carboxylic acids is 1. The second kappa shape index (κ2) is 6.81. The van der Waals surface area contributed by atoms with Gasteiger partial charge in [-0.15, -0.1) is 0 Å². The Morgan fingerprint density at radius 2 is 1.80 bits per heavy atom. The number of nitrogens with zero attached hydrogens (tertiary/aromatic N) is 1. The van der Waals surface area contributed by atoms with Crippen molar-refractivity contribution in [3.8, 4) is 5.69 Å². The third kappa shape index (κ3) is 3.55. The Kier molecular flexibility index (Phi) is 4.57. The Hall–Kier alpha value is -3.08. The molecule has 0 atom stereocenters. The van der Waals surface area contributed by atoms with Crippen molar-refractivity contribution < 1.29 is 4.79 Å². The van der Waals surface area contributed by atoms with Gasteiger partial charge in [0.25, 0.3) is 11.5 Å².